The van der Waals surface area contributed by atoms with E-state index in [0.717, 1.165) is 17.8 Å². The molecule has 0 aromatic carbocycles. The molecule has 0 spiro atoms. The van der Waals surface area contributed by atoms with E-state index in [1.165, 1.54) is 32.1 Å². The van der Waals surface area contributed by atoms with Gasteiger partial charge in [0, 0.05) is 0 Å². The second-order valence-electron chi connectivity index (χ2n) is 9.74. The minimum Gasteiger partial charge on any atom is -0.463 e. The average molecular weight is 353 g/mol. The fourth-order valence-corrected chi connectivity index (χ4v) is 4.31. The molecular weight excluding hydrogens is 316 g/mol. The summed E-state index contributed by atoms with van der Waals surface area (Å²) in [7, 11) is 0. The first-order valence-electron chi connectivity index (χ1n) is 9.87. The number of fused-ring (bicyclic) bond motifs is 2. The van der Waals surface area contributed by atoms with Gasteiger partial charge in [-0.2, -0.15) is 0 Å². The van der Waals surface area contributed by atoms with Crippen LogP contribution in [0.3, 0.4) is 0 Å². The highest BCUT2D eigenvalue weighted by atomic mass is 16.6. The normalized spacial score (nSPS) is 29.4. The molecule has 0 N–H and O–H groups in total. The Labute approximate surface area is 153 Å². The zero-order valence-electron chi connectivity index (χ0n) is 16.9. The molecule has 2 fully saturated rings. The maximum absolute atomic E-state index is 12.3. The lowest BCUT2D eigenvalue weighted by Crippen LogP contribution is -2.39. The number of carbonyl (C=O) groups is 2. The van der Waals surface area contributed by atoms with E-state index < -0.39 is 11.4 Å². The Hall–Kier alpha value is -1.06. The summed E-state index contributed by atoms with van der Waals surface area (Å²) in [5.41, 5.74) is -0.879. The van der Waals surface area contributed by atoms with Gasteiger partial charge in [-0.05, 0) is 68.6 Å². The van der Waals surface area contributed by atoms with Crippen LogP contribution in [0, 0.1) is 34.5 Å². The molecule has 4 atom stereocenters. The van der Waals surface area contributed by atoms with Crippen LogP contribution in [0.2, 0.25) is 0 Å². The lowest BCUT2D eigenvalue weighted by Gasteiger charge is -2.36. The summed E-state index contributed by atoms with van der Waals surface area (Å²) in [5, 5.41) is 0. The lowest BCUT2D eigenvalue weighted by atomic mass is 9.69. The molecule has 0 aromatic rings. The minimum absolute atomic E-state index is 0.231. The molecule has 2 aliphatic carbocycles. The van der Waals surface area contributed by atoms with Crippen LogP contribution in [0.25, 0.3) is 0 Å². The highest BCUT2D eigenvalue weighted by Crippen LogP contribution is 2.49. The lowest BCUT2D eigenvalue weighted by molar-refractivity contribution is -0.169. The van der Waals surface area contributed by atoms with E-state index >= 15 is 0 Å². The molecule has 2 bridgehead atoms. The Morgan fingerprint density at radius 3 is 2.24 bits per heavy atom. The van der Waals surface area contributed by atoms with E-state index in [1.54, 1.807) is 0 Å². The molecule has 0 amide bonds. The molecule has 0 radical (unpaired) electrons. The van der Waals surface area contributed by atoms with E-state index in [9.17, 15) is 9.59 Å². The van der Waals surface area contributed by atoms with Crippen LogP contribution in [0.1, 0.15) is 73.6 Å². The van der Waals surface area contributed by atoms with Crippen LogP contribution < -0.4 is 0 Å². The Bertz CT molecular complexity index is 489. The zero-order valence-corrected chi connectivity index (χ0v) is 16.9. The van der Waals surface area contributed by atoms with Gasteiger partial charge in [0.1, 0.15) is 0 Å². The molecule has 0 aromatic heterocycles. The van der Waals surface area contributed by atoms with Gasteiger partial charge in [-0.25, -0.2) is 4.79 Å². The van der Waals surface area contributed by atoms with Gasteiger partial charge in [-0.15, -0.1) is 0 Å². The zero-order chi connectivity index (χ0) is 18.8. The van der Waals surface area contributed by atoms with Crippen molar-refractivity contribution in [3.05, 3.63) is 0 Å². The van der Waals surface area contributed by atoms with Crippen LogP contribution >= 0.6 is 0 Å². The highest BCUT2D eigenvalue weighted by Gasteiger charge is 2.42. The van der Waals surface area contributed by atoms with Crippen molar-refractivity contribution in [3.63, 3.8) is 0 Å². The third kappa shape index (κ3) is 4.77. The fourth-order valence-electron chi connectivity index (χ4n) is 4.31. The van der Waals surface area contributed by atoms with Crippen molar-refractivity contribution in [3.8, 4) is 0 Å². The standard InChI is InChI=1S/C21H36O4/c1-7-16-9-14-8-15(11-17(16)10-14)12-24-18(22)13-25-19(23)21(5,6)20(2,3)4/h14-17H,7-13H2,1-6H3. The molecule has 4 nitrogen and oxygen atoms in total. The number of ether oxygens (including phenoxy) is 2. The van der Waals surface area contributed by atoms with Gasteiger partial charge in [0.05, 0.1) is 12.0 Å². The van der Waals surface area contributed by atoms with Crippen molar-refractivity contribution in [2.75, 3.05) is 13.2 Å². The maximum Gasteiger partial charge on any atom is 0.344 e. The third-order valence-corrected chi connectivity index (χ3v) is 6.95. The van der Waals surface area contributed by atoms with E-state index in [1.807, 2.05) is 34.6 Å². The number of hydrogen-bond acceptors (Lipinski definition) is 4. The first-order chi connectivity index (χ1) is 11.5. The Balaban J connectivity index is 1.72. The molecule has 4 unspecified atom stereocenters. The molecule has 0 heterocycles. The molecular formula is C21H36O4. The maximum atomic E-state index is 12.3. The average Bonchev–Trinajstić information content (AvgIpc) is 2.83. The molecule has 0 saturated heterocycles. The first kappa shape index (κ1) is 20.3. The predicted octanol–water partition coefficient (Wildman–Crippen LogP) is 4.61. The van der Waals surface area contributed by atoms with Gasteiger partial charge in [0.25, 0.3) is 0 Å². The monoisotopic (exact) mass is 352 g/mol. The fraction of sp³-hybridized carbons (Fsp3) is 0.905. The van der Waals surface area contributed by atoms with Crippen molar-refractivity contribution in [1.82, 2.24) is 0 Å². The molecule has 2 saturated carbocycles. The summed E-state index contributed by atoms with van der Waals surface area (Å²) in [6, 6.07) is 0. The van der Waals surface area contributed by atoms with Crippen molar-refractivity contribution in [2.45, 2.75) is 73.6 Å². The smallest absolute Gasteiger partial charge is 0.344 e. The summed E-state index contributed by atoms with van der Waals surface area (Å²) in [6.07, 6.45) is 6.34. The number of rotatable bonds is 6. The van der Waals surface area contributed by atoms with E-state index in [4.69, 9.17) is 9.47 Å². The highest BCUT2D eigenvalue weighted by molar-refractivity contribution is 5.80. The summed E-state index contributed by atoms with van der Waals surface area (Å²) in [5.74, 6) is 2.20. The first-order valence-corrected chi connectivity index (χ1v) is 9.87. The van der Waals surface area contributed by atoms with Crippen molar-refractivity contribution < 1.29 is 19.1 Å². The third-order valence-electron chi connectivity index (χ3n) is 6.95. The van der Waals surface area contributed by atoms with Crippen LogP contribution in [-0.2, 0) is 19.1 Å². The Kier molecular flexibility index (Phi) is 6.22. The van der Waals surface area contributed by atoms with Gasteiger partial charge >= 0.3 is 11.9 Å². The van der Waals surface area contributed by atoms with Crippen LogP contribution in [0.5, 0.6) is 0 Å². The second kappa shape index (κ2) is 7.67. The summed E-state index contributed by atoms with van der Waals surface area (Å²) in [4.78, 5) is 24.2. The Morgan fingerprint density at radius 2 is 1.64 bits per heavy atom. The summed E-state index contributed by atoms with van der Waals surface area (Å²) < 4.78 is 10.6. The molecule has 144 valence electrons. The van der Waals surface area contributed by atoms with Crippen molar-refractivity contribution in [1.29, 1.82) is 0 Å². The quantitative estimate of drug-likeness (QED) is 0.655. The van der Waals surface area contributed by atoms with E-state index in [2.05, 4.69) is 6.92 Å². The molecule has 0 aliphatic heterocycles. The molecule has 2 rings (SSSR count). The Morgan fingerprint density at radius 1 is 0.960 bits per heavy atom. The summed E-state index contributed by atoms with van der Waals surface area (Å²) in [6.45, 7) is 12.2. The van der Waals surface area contributed by atoms with Gasteiger partial charge in [0.2, 0.25) is 0 Å². The van der Waals surface area contributed by atoms with E-state index in [0.29, 0.717) is 12.5 Å². The molecule has 25 heavy (non-hydrogen) atoms. The molecule has 2 aliphatic rings. The number of esters is 2. The van der Waals surface area contributed by atoms with Gasteiger partial charge in [0.15, 0.2) is 6.61 Å². The van der Waals surface area contributed by atoms with Gasteiger partial charge in [-0.1, -0.05) is 34.1 Å². The van der Waals surface area contributed by atoms with Crippen molar-refractivity contribution >= 4 is 11.9 Å². The second-order valence-corrected chi connectivity index (χ2v) is 9.74. The van der Waals surface area contributed by atoms with Gasteiger partial charge in [-0.3, -0.25) is 4.79 Å². The largest absolute Gasteiger partial charge is 0.463 e. The SMILES string of the molecule is CCC1CC2CC(COC(=O)COC(=O)C(C)(C)C(C)(C)C)CC1C2. The van der Waals surface area contributed by atoms with E-state index in [-0.39, 0.29) is 18.0 Å². The number of carbonyl (C=O) groups excluding carboxylic acids is 2. The van der Waals surface area contributed by atoms with Crippen LogP contribution in [0.4, 0.5) is 0 Å². The minimum atomic E-state index is -0.648. The topological polar surface area (TPSA) is 52.6 Å². The van der Waals surface area contributed by atoms with Crippen LogP contribution in [0.15, 0.2) is 0 Å². The summed E-state index contributed by atoms with van der Waals surface area (Å²) >= 11 is 0. The number of hydrogen-bond donors (Lipinski definition) is 0. The predicted molar refractivity (Wildman–Crippen MR) is 97.9 cm³/mol. The van der Waals surface area contributed by atoms with Crippen LogP contribution in [-0.4, -0.2) is 25.2 Å². The molecule has 4 heteroatoms. The van der Waals surface area contributed by atoms with Crippen molar-refractivity contribution in [2.24, 2.45) is 34.5 Å². The van der Waals surface area contributed by atoms with Gasteiger partial charge < -0.3 is 9.47 Å².